The number of nitrogens with one attached hydrogen (secondary N) is 2. The normalized spacial score (nSPS) is 17.3. The van der Waals surface area contributed by atoms with Crippen molar-refractivity contribution in [2.75, 3.05) is 21.3 Å². The summed E-state index contributed by atoms with van der Waals surface area (Å²) in [5.74, 6) is -1.93. The summed E-state index contributed by atoms with van der Waals surface area (Å²) in [7, 11) is 0. The summed E-state index contributed by atoms with van der Waals surface area (Å²) in [6.45, 7) is 0. The van der Waals surface area contributed by atoms with E-state index in [9.17, 15) is 19.5 Å². The Morgan fingerprint density at radius 3 is 2.55 bits per heavy atom. The standard InChI is InChI=1S/C28H23N3O5S2/c32-23-13-12-18(15-20(23)27(34)35)29-26(33)16-37-19-7-5-6-17(14-19)30-28(36)31-21-8-1-3-10-24(21)38-25-11-4-2-9-22(25)31/h1-15,21,24,32H,16H2,(H,29,33)(H,30,36)(H,34,35). The summed E-state index contributed by atoms with van der Waals surface area (Å²) in [5, 5.41) is 24.5. The van der Waals surface area contributed by atoms with Crippen LogP contribution in [0.25, 0.3) is 0 Å². The Hall–Kier alpha value is -4.15. The van der Waals surface area contributed by atoms with Crippen molar-refractivity contribution in [2.45, 2.75) is 21.1 Å². The highest BCUT2D eigenvalue weighted by atomic mass is 32.2. The Balaban J connectivity index is 1.24. The van der Waals surface area contributed by atoms with Crippen LogP contribution in [0.4, 0.5) is 21.9 Å². The summed E-state index contributed by atoms with van der Waals surface area (Å²) >= 11 is 3.02. The number of nitrogens with zero attached hydrogens (tertiary/aromatic N) is 1. The van der Waals surface area contributed by atoms with E-state index in [0.717, 1.165) is 15.5 Å². The lowest BCUT2D eigenvalue weighted by Crippen LogP contribution is -2.49. The molecule has 1 heterocycles. The second kappa shape index (κ2) is 11.1. The summed E-state index contributed by atoms with van der Waals surface area (Å²) in [5.41, 5.74) is 1.45. The maximum atomic E-state index is 13.5. The molecule has 3 aromatic rings. The van der Waals surface area contributed by atoms with E-state index in [2.05, 4.69) is 16.7 Å². The maximum Gasteiger partial charge on any atom is 0.339 e. The number of hydrogen-bond donors (Lipinski definition) is 4. The second-order valence-corrected chi connectivity index (χ2v) is 10.8. The largest absolute Gasteiger partial charge is 0.507 e. The van der Waals surface area contributed by atoms with E-state index in [-0.39, 0.29) is 46.0 Å². The van der Waals surface area contributed by atoms with Crippen LogP contribution in [0.3, 0.4) is 0 Å². The average Bonchev–Trinajstić information content (AvgIpc) is 2.91. The van der Waals surface area contributed by atoms with Crippen LogP contribution < -0.4 is 15.5 Å². The molecule has 8 nitrogen and oxygen atoms in total. The third kappa shape index (κ3) is 5.56. The number of aromatic hydroxyl groups is 1. The van der Waals surface area contributed by atoms with Crippen LogP contribution in [-0.2, 0) is 4.79 Å². The molecule has 3 aromatic carbocycles. The topological polar surface area (TPSA) is 119 Å². The first-order valence-electron chi connectivity index (χ1n) is 11.7. The molecule has 10 heteroatoms. The number of fused-ring (bicyclic) bond motifs is 2. The van der Waals surface area contributed by atoms with E-state index in [1.165, 1.54) is 30.0 Å². The minimum absolute atomic E-state index is 0.0677. The van der Waals surface area contributed by atoms with E-state index < -0.39 is 5.97 Å². The van der Waals surface area contributed by atoms with E-state index in [1.54, 1.807) is 34.9 Å². The molecule has 3 amide bonds. The quantitative estimate of drug-likeness (QED) is 0.227. The highest BCUT2D eigenvalue weighted by Crippen LogP contribution is 2.43. The Bertz CT molecular complexity index is 1470. The van der Waals surface area contributed by atoms with Gasteiger partial charge in [0.25, 0.3) is 0 Å². The van der Waals surface area contributed by atoms with Gasteiger partial charge in [-0.05, 0) is 48.5 Å². The molecule has 192 valence electrons. The molecule has 0 aromatic heterocycles. The number of hydrogen-bond acceptors (Lipinski definition) is 6. The molecule has 0 fully saturated rings. The van der Waals surface area contributed by atoms with Crippen molar-refractivity contribution in [2.24, 2.45) is 0 Å². The van der Waals surface area contributed by atoms with Crippen molar-refractivity contribution in [3.63, 3.8) is 0 Å². The zero-order valence-corrected chi connectivity index (χ0v) is 21.5. The molecular formula is C28H23N3O5S2. The molecule has 5 rings (SSSR count). The zero-order valence-electron chi connectivity index (χ0n) is 19.9. The Kier molecular flexibility index (Phi) is 7.43. The fraction of sp³-hybridized carbons (Fsp3) is 0.107. The van der Waals surface area contributed by atoms with Crippen LogP contribution in [-0.4, -0.2) is 45.2 Å². The minimum atomic E-state index is -1.29. The first-order valence-corrected chi connectivity index (χ1v) is 13.6. The Morgan fingerprint density at radius 1 is 0.921 bits per heavy atom. The number of carboxylic acids is 1. The van der Waals surface area contributed by atoms with Gasteiger partial charge in [-0.2, -0.15) is 0 Å². The lowest BCUT2D eigenvalue weighted by atomic mass is 10.1. The van der Waals surface area contributed by atoms with E-state index >= 15 is 0 Å². The second-order valence-electron chi connectivity index (χ2n) is 8.51. The molecule has 2 atom stereocenters. The van der Waals surface area contributed by atoms with E-state index in [4.69, 9.17) is 5.11 Å². The molecule has 1 aliphatic carbocycles. The van der Waals surface area contributed by atoms with Crippen LogP contribution in [0, 0.1) is 0 Å². The van der Waals surface area contributed by atoms with E-state index in [1.807, 2.05) is 48.6 Å². The molecule has 1 aliphatic heterocycles. The number of carbonyl (C=O) groups is 3. The van der Waals surface area contributed by atoms with Crippen LogP contribution in [0.1, 0.15) is 10.4 Å². The summed E-state index contributed by atoms with van der Waals surface area (Å²) in [6, 6.07) is 18.6. The highest BCUT2D eigenvalue weighted by molar-refractivity contribution is 8.00. The summed E-state index contributed by atoms with van der Waals surface area (Å²) in [6.07, 6.45) is 8.10. The lowest BCUT2D eigenvalue weighted by Gasteiger charge is -2.40. The Labute approximate surface area is 227 Å². The molecule has 2 unspecified atom stereocenters. The number of urea groups is 1. The van der Waals surface area contributed by atoms with Crippen molar-refractivity contribution in [3.8, 4) is 5.75 Å². The molecule has 0 radical (unpaired) electrons. The van der Waals surface area contributed by atoms with Crippen molar-refractivity contribution < 1.29 is 24.6 Å². The third-order valence-corrected chi connectivity index (χ3v) is 8.23. The van der Waals surface area contributed by atoms with Crippen LogP contribution in [0.2, 0.25) is 0 Å². The average molecular weight is 546 g/mol. The van der Waals surface area contributed by atoms with Gasteiger partial charge in [0.15, 0.2) is 0 Å². The monoisotopic (exact) mass is 545 g/mol. The van der Waals surface area contributed by atoms with Gasteiger partial charge >= 0.3 is 12.0 Å². The third-order valence-electron chi connectivity index (χ3n) is 5.93. The van der Waals surface area contributed by atoms with Crippen LogP contribution >= 0.6 is 23.5 Å². The Morgan fingerprint density at radius 2 is 1.71 bits per heavy atom. The van der Waals surface area contributed by atoms with Crippen LogP contribution in [0.5, 0.6) is 5.75 Å². The van der Waals surface area contributed by atoms with Gasteiger partial charge in [0.05, 0.1) is 22.7 Å². The number of benzene rings is 3. The number of anilines is 3. The van der Waals surface area contributed by atoms with Crippen molar-refractivity contribution in [1.82, 2.24) is 0 Å². The number of aromatic carboxylic acids is 1. The van der Waals surface area contributed by atoms with Crippen LogP contribution in [0.15, 0.2) is 101 Å². The number of carboxylic acid groups (broad SMARTS) is 1. The molecule has 0 saturated heterocycles. The maximum absolute atomic E-state index is 13.5. The van der Waals surface area contributed by atoms with Crippen molar-refractivity contribution in [3.05, 3.63) is 96.6 Å². The summed E-state index contributed by atoms with van der Waals surface area (Å²) in [4.78, 5) is 40.7. The smallest absolute Gasteiger partial charge is 0.339 e. The van der Waals surface area contributed by atoms with Gasteiger partial charge in [-0.3, -0.25) is 9.69 Å². The number of carbonyl (C=O) groups excluding carboxylic acids is 2. The molecule has 0 bridgehead atoms. The first kappa shape index (κ1) is 25.5. The molecule has 0 saturated carbocycles. The van der Waals surface area contributed by atoms with Gasteiger partial charge in [0.2, 0.25) is 5.91 Å². The van der Waals surface area contributed by atoms with Gasteiger partial charge < -0.3 is 20.8 Å². The number of phenols is 1. The number of allylic oxidation sites excluding steroid dienone is 2. The van der Waals surface area contributed by atoms with Crippen molar-refractivity contribution >= 4 is 58.5 Å². The molecule has 2 aliphatic rings. The first-order chi connectivity index (χ1) is 18.4. The molecule has 4 N–H and O–H groups in total. The zero-order chi connectivity index (χ0) is 26.6. The highest BCUT2D eigenvalue weighted by Gasteiger charge is 2.36. The fourth-order valence-corrected chi connectivity index (χ4v) is 6.22. The van der Waals surface area contributed by atoms with Crippen molar-refractivity contribution in [1.29, 1.82) is 0 Å². The molecular weight excluding hydrogens is 522 g/mol. The fourth-order valence-electron chi connectivity index (χ4n) is 4.20. The van der Waals surface area contributed by atoms with Gasteiger partial charge in [0.1, 0.15) is 11.3 Å². The number of thioether (sulfide) groups is 2. The minimum Gasteiger partial charge on any atom is -0.507 e. The number of amides is 3. The predicted molar refractivity (Wildman–Crippen MR) is 151 cm³/mol. The van der Waals surface area contributed by atoms with Gasteiger partial charge in [0, 0.05) is 21.2 Å². The number of rotatable bonds is 6. The van der Waals surface area contributed by atoms with Gasteiger partial charge in [-0.25, -0.2) is 9.59 Å². The van der Waals surface area contributed by atoms with E-state index in [0.29, 0.717) is 5.69 Å². The molecule has 38 heavy (non-hydrogen) atoms. The SMILES string of the molecule is O=C(CSc1cccc(NC(=O)N2c3ccccc3SC3C=CC=CC32)c1)Nc1ccc(O)c(C(=O)O)c1. The van der Waals surface area contributed by atoms with Gasteiger partial charge in [-0.15, -0.1) is 23.5 Å². The molecule has 0 spiro atoms. The van der Waals surface area contributed by atoms with Gasteiger partial charge in [-0.1, -0.05) is 42.5 Å². The summed E-state index contributed by atoms with van der Waals surface area (Å²) < 4.78 is 0. The predicted octanol–water partition coefficient (Wildman–Crippen LogP) is 5.83. The number of para-hydroxylation sites is 1. The lowest BCUT2D eigenvalue weighted by molar-refractivity contribution is -0.113.